The van der Waals surface area contributed by atoms with E-state index in [1.807, 2.05) is 11.8 Å². The van der Waals surface area contributed by atoms with Gasteiger partial charge >= 0.3 is 5.97 Å². The highest BCUT2D eigenvalue weighted by Gasteiger charge is 2.48. The molecule has 1 saturated heterocycles. The third kappa shape index (κ3) is 3.02. The lowest BCUT2D eigenvalue weighted by molar-refractivity contribution is -0.143. The molecule has 1 aliphatic carbocycles. The number of hydrogen-bond donors (Lipinski definition) is 1. The molecule has 1 saturated carbocycles. The highest BCUT2D eigenvalue weighted by molar-refractivity contribution is 8.01. The summed E-state index contributed by atoms with van der Waals surface area (Å²) in [5.74, 6) is -0.0777. The summed E-state index contributed by atoms with van der Waals surface area (Å²) in [5.41, 5.74) is 0. The molecule has 0 aromatic carbocycles. The number of rotatable bonds is 4. The van der Waals surface area contributed by atoms with E-state index in [1.165, 1.54) is 52.1 Å². The largest absolute Gasteiger partial charge is 0.468 e. The van der Waals surface area contributed by atoms with E-state index in [4.69, 9.17) is 4.74 Å². The molecule has 3 nitrogen and oxygen atoms in total. The van der Waals surface area contributed by atoms with Gasteiger partial charge in [0.1, 0.15) is 6.04 Å². The molecule has 1 spiro atoms. The summed E-state index contributed by atoms with van der Waals surface area (Å²) in [6.45, 7) is 2.20. The second-order valence-electron chi connectivity index (χ2n) is 5.50. The first-order valence-corrected chi connectivity index (χ1v) is 8.12. The lowest BCUT2D eigenvalue weighted by Gasteiger charge is -2.33. The minimum Gasteiger partial charge on any atom is -0.468 e. The normalized spacial score (nSPS) is 30.6. The van der Waals surface area contributed by atoms with Crippen LogP contribution in [0.3, 0.4) is 0 Å². The molecule has 0 bridgehead atoms. The smallest absolute Gasteiger partial charge is 0.324 e. The second kappa shape index (κ2) is 6.29. The molecular weight excluding hydrogens is 246 g/mol. The number of unbranched alkanes of at least 4 members (excludes halogenated alkanes) is 1. The maximum absolute atomic E-state index is 11.9. The van der Waals surface area contributed by atoms with Crippen LogP contribution >= 0.6 is 11.8 Å². The van der Waals surface area contributed by atoms with Crippen molar-refractivity contribution in [3.05, 3.63) is 0 Å². The summed E-state index contributed by atoms with van der Waals surface area (Å²) >= 11 is 2.01. The molecule has 2 aliphatic rings. The van der Waals surface area contributed by atoms with Gasteiger partial charge in [-0.15, -0.1) is 11.8 Å². The third-order valence-corrected chi connectivity index (χ3v) is 5.91. The minimum absolute atomic E-state index is 0.0777. The van der Waals surface area contributed by atoms with E-state index in [2.05, 4.69) is 12.2 Å². The Morgan fingerprint density at radius 3 is 2.72 bits per heavy atom. The summed E-state index contributed by atoms with van der Waals surface area (Å²) in [5, 5.41) is 4.00. The Labute approximate surface area is 114 Å². The van der Waals surface area contributed by atoms with Crippen LogP contribution in [-0.2, 0) is 9.53 Å². The predicted molar refractivity (Wildman–Crippen MR) is 75.7 cm³/mol. The number of thioether (sulfide) groups is 1. The number of carbonyl (C=O) groups excluding carboxylic acids is 1. The fourth-order valence-electron chi connectivity index (χ4n) is 3.12. The van der Waals surface area contributed by atoms with Gasteiger partial charge in [0, 0.05) is 5.25 Å². The van der Waals surface area contributed by atoms with Gasteiger partial charge in [-0.05, 0) is 19.3 Å². The molecule has 2 unspecified atom stereocenters. The van der Waals surface area contributed by atoms with Crippen LogP contribution in [0.1, 0.15) is 58.3 Å². The lowest BCUT2D eigenvalue weighted by Crippen LogP contribution is -2.47. The van der Waals surface area contributed by atoms with Gasteiger partial charge < -0.3 is 4.74 Å². The first-order valence-electron chi connectivity index (χ1n) is 7.24. The van der Waals surface area contributed by atoms with Gasteiger partial charge in [-0.1, -0.05) is 39.0 Å². The topological polar surface area (TPSA) is 38.3 Å². The molecule has 1 N–H and O–H groups in total. The molecular formula is C14H25NO2S. The zero-order valence-electron chi connectivity index (χ0n) is 11.5. The molecule has 18 heavy (non-hydrogen) atoms. The summed E-state index contributed by atoms with van der Waals surface area (Å²) < 4.78 is 4.96. The zero-order valence-corrected chi connectivity index (χ0v) is 12.4. The van der Waals surface area contributed by atoms with Gasteiger partial charge in [-0.3, -0.25) is 10.1 Å². The van der Waals surface area contributed by atoms with E-state index in [1.54, 1.807) is 0 Å². The van der Waals surface area contributed by atoms with Crippen molar-refractivity contribution < 1.29 is 9.53 Å². The first-order chi connectivity index (χ1) is 8.71. The molecule has 2 fully saturated rings. The van der Waals surface area contributed by atoms with Crippen molar-refractivity contribution in [1.82, 2.24) is 5.32 Å². The first kappa shape index (κ1) is 14.2. The van der Waals surface area contributed by atoms with E-state index >= 15 is 0 Å². The molecule has 2 rings (SSSR count). The van der Waals surface area contributed by atoms with Crippen molar-refractivity contribution in [2.45, 2.75) is 74.5 Å². The van der Waals surface area contributed by atoms with Gasteiger partial charge in [0.25, 0.3) is 0 Å². The molecule has 0 radical (unpaired) electrons. The van der Waals surface area contributed by atoms with Crippen LogP contribution in [0.15, 0.2) is 0 Å². The number of methoxy groups -OCH3 is 1. The van der Waals surface area contributed by atoms with Crippen molar-refractivity contribution in [2.75, 3.05) is 7.11 Å². The van der Waals surface area contributed by atoms with Crippen molar-refractivity contribution >= 4 is 17.7 Å². The second-order valence-corrected chi connectivity index (χ2v) is 7.12. The lowest BCUT2D eigenvalue weighted by atomic mass is 9.94. The molecule has 0 aromatic heterocycles. The third-order valence-electron chi connectivity index (χ3n) is 4.13. The Morgan fingerprint density at radius 2 is 2.11 bits per heavy atom. The van der Waals surface area contributed by atoms with Crippen molar-refractivity contribution in [2.24, 2.45) is 0 Å². The molecule has 2 atom stereocenters. The van der Waals surface area contributed by atoms with Gasteiger partial charge in [0.2, 0.25) is 0 Å². The van der Waals surface area contributed by atoms with Gasteiger partial charge in [-0.25, -0.2) is 0 Å². The number of ether oxygens (including phenoxy) is 1. The zero-order chi connectivity index (χ0) is 13.0. The van der Waals surface area contributed by atoms with E-state index in [-0.39, 0.29) is 16.9 Å². The van der Waals surface area contributed by atoms with Crippen molar-refractivity contribution in [3.8, 4) is 0 Å². The van der Waals surface area contributed by atoms with Crippen LogP contribution in [0.25, 0.3) is 0 Å². The van der Waals surface area contributed by atoms with Gasteiger partial charge in [0.15, 0.2) is 0 Å². The Hall–Kier alpha value is -0.220. The Bertz CT molecular complexity index is 290. The van der Waals surface area contributed by atoms with E-state index < -0.39 is 0 Å². The highest BCUT2D eigenvalue weighted by Crippen LogP contribution is 2.47. The van der Waals surface area contributed by atoms with Crippen LogP contribution in [0.5, 0.6) is 0 Å². The Kier molecular flexibility index (Phi) is 4.96. The van der Waals surface area contributed by atoms with Crippen LogP contribution < -0.4 is 5.32 Å². The summed E-state index contributed by atoms with van der Waals surface area (Å²) in [4.78, 5) is 12.1. The van der Waals surface area contributed by atoms with Gasteiger partial charge in [0.05, 0.1) is 12.0 Å². The minimum atomic E-state index is -0.0929. The van der Waals surface area contributed by atoms with Crippen molar-refractivity contribution in [3.63, 3.8) is 0 Å². The Balaban J connectivity index is 2.04. The van der Waals surface area contributed by atoms with Crippen LogP contribution in [0.4, 0.5) is 0 Å². The number of hydrogen-bond acceptors (Lipinski definition) is 4. The molecule has 1 heterocycles. The quantitative estimate of drug-likeness (QED) is 0.798. The summed E-state index contributed by atoms with van der Waals surface area (Å²) in [6, 6.07) is -0.0929. The van der Waals surface area contributed by atoms with Crippen molar-refractivity contribution in [1.29, 1.82) is 0 Å². The van der Waals surface area contributed by atoms with Crippen LogP contribution in [-0.4, -0.2) is 29.2 Å². The standard InChI is InChI=1S/C14H25NO2S/c1-3-4-8-11-12(13(16)17-2)15-14(18-11)9-6-5-7-10-14/h11-12,15H,3-10H2,1-2H3. The highest BCUT2D eigenvalue weighted by atomic mass is 32.2. The SMILES string of the molecule is CCCCC1SC2(CCCCC2)NC1C(=O)OC. The van der Waals surface area contributed by atoms with Crippen LogP contribution in [0, 0.1) is 0 Å². The predicted octanol–water partition coefficient (Wildman–Crippen LogP) is 3.08. The number of nitrogens with one attached hydrogen (secondary N) is 1. The fraction of sp³-hybridized carbons (Fsp3) is 0.929. The molecule has 0 aromatic rings. The van der Waals surface area contributed by atoms with E-state index in [0.29, 0.717) is 5.25 Å². The number of carbonyl (C=O) groups is 1. The monoisotopic (exact) mass is 271 g/mol. The fourth-order valence-corrected chi connectivity index (χ4v) is 5.02. The molecule has 1 aliphatic heterocycles. The van der Waals surface area contributed by atoms with E-state index in [0.717, 1.165) is 6.42 Å². The Morgan fingerprint density at radius 1 is 1.39 bits per heavy atom. The molecule has 4 heteroatoms. The van der Waals surface area contributed by atoms with Gasteiger partial charge in [-0.2, -0.15) is 0 Å². The summed E-state index contributed by atoms with van der Waals surface area (Å²) in [6.07, 6.45) is 9.83. The maximum atomic E-state index is 11.9. The average molecular weight is 271 g/mol. The van der Waals surface area contributed by atoms with Crippen LogP contribution in [0.2, 0.25) is 0 Å². The van der Waals surface area contributed by atoms with E-state index in [9.17, 15) is 4.79 Å². The summed E-state index contributed by atoms with van der Waals surface area (Å²) in [7, 11) is 1.50. The average Bonchev–Trinajstić information content (AvgIpc) is 2.75. The number of esters is 1. The maximum Gasteiger partial charge on any atom is 0.324 e. The molecule has 104 valence electrons. The molecule has 0 amide bonds.